The number of halogens is 2. The minimum atomic E-state index is 0. The molecule has 0 aromatic carbocycles. The van der Waals surface area contributed by atoms with Crippen LogP contribution < -0.4 is 5.73 Å². The Labute approximate surface area is 104 Å². The molecule has 0 bridgehead atoms. The highest BCUT2D eigenvalue weighted by atomic mass is 35.5. The van der Waals surface area contributed by atoms with Gasteiger partial charge in [0.2, 0.25) is 0 Å². The zero-order valence-corrected chi connectivity index (χ0v) is 10.8. The Balaban J connectivity index is 0. The Morgan fingerprint density at radius 1 is 0.800 bits per heavy atom. The number of hydrogen-bond donors (Lipinski definition) is 1. The summed E-state index contributed by atoms with van der Waals surface area (Å²) in [5.74, 6) is 0.772. The summed E-state index contributed by atoms with van der Waals surface area (Å²) in [4.78, 5) is 0. The molecule has 0 spiro atoms. The first-order valence-corrected chi connectivity index (χ1v) is 5.86. The van der Waals surface area contributed by atoms with E-state index >= 15 is 0 Å². The van der Waals surface area contributed by atoms with Crippen LogP contribution >= 0.6 is 24.0 Å². The zero-order valence-electron chi connectivity index (χ0n) is 9.25. The van der Waals surface area contributed by atoms with Gasteiger partial charge in [-0.15, -0.1) is 24.0 Å². The molecule has 0 rings (SSSR count). The number of ether oxygens (including phenoxy) is 2. The van der Waals surface area contributed by atoms with E-state index in [4.69, 9.17) is 26.8 Å². The lowest BCUT2D eigenvalue weighted by Crippen LogP contribution is -2.12. The molecule has 0 saturated carbocycles. The van der Waals surface area contributed by atoms with Crippen LogP contribution in [0.15, 0.2) is 0 Å². The van der Waals surface area contributed by atoms with Crippen LogP contribution in [0, 0.1) is 0 Å². The van der Waals surface area contributed by atoms with Crippen LogP contribution in [0.25, 0.3) is 0 Å². The van der Waals surface area contributed by atoms with Crippen molar-refractivity contribution in [3.63, 3.8) is 0 Å². The van der Waals surface area contributed by atoms with Gasteiger partial charge in [-0.2, -0.15) is 0 Å². The van der Waals surface area contributed by atoms with Gasteiger partial charge in [0.15, 0.2) is 0 Å². The molecular formula is C10H23Cl2NO2. The van der Waals surface area contributed by atoms with Gasteiger partial charge in [-0.25, -0.2) is 0 Å². The van der Waals surface area contributed by atoms with Gasteiger partial charge in [-0.1, -0.05) is 12.8 Å². The van der Waals surface area contributed by atoms with E-state index in [9.17, 15) is 0 Å². The molecule has 0 atom stereocenters. The van der Waals surface area contributed by atoms with Crippen LogP contribution in [-0.4, -0.2) is 38.9 Å². The highest BCUT2D eigenvalue weighted by Gasteiger charge is 1.91. The standard InChI is InChI=1S/C10H22ClNO2.ClH/c11-5-3-1-2-4-7-13-9-10-14-8-6-12;/h1-10,12H2;1H. The van der Waals surface area contributed by atoms with Gasteiger partial charge in [0, 0.05) is 19.0 Å². The van der Waals surface area contributed by atoms with Crippen molar-refractivity contribution in [1.82, 2.24) is 0 Å². The molecular weight excluding hydrogens is 237 g/mol. The van der Waals surface area contributed by atoms with E-state index in [0.29, 0.717) is 26.4 Å². The maximum atomic E-state index is 5.55. The molecule has 0 saturated heterocycles. The number of nitrogens with two attached hydrogens (primary N) is 1. The van der Waals surface area contributed by atoms with Crippen LogP contribution in [-0.2, 0) is 9.47 Å². The molecule has 5 heteroatoms. The second-order valence-electron chi connectivity index (χ2n) is 3.12. The normalized spacial score (nSPS) is 10.0. The van der Waals surface area contributed by atoms with Crippen molar-refractivity contribution in [2.45, 2.75) is 25.7 Å². The van der Waals surface area contributed by atoms with E-state index in [0.717, 1.165) is 25.3 Å². The van der Waals surface area contributed by atoms with Crippen LogP contribution in [0.1, 0.15) is 25.7 Å². The van der Waals surface area contributed by atoms with Crippen LogP contribution in [0.3, 0.4) is 0 Å². The van der Waals surface area contributed by atoms with E-state index in [-0.39, 0.29) is 12.4 Å². The van der Waals surface area contributed by atoms with Crippen molar-refractivity contribution in [3.05, 3.63) is 0 Å². The Morgan fingerprint density at radius 2 is 1.40 bits per heavy atom. The summed E-state index contributed by atoms with van der Waals surface area (Å²) < 4.78 is 10.5. The lowest BCUT2D eigenvalue weighted by molar-refractivity contribution is 0.0492. The highest BCUT2D eigenvalue weighted by Crippen LogP contribution is 2.00. The molecule has 0 radical (unpaired) electrons. The summed E-state index contributed by atoms with van der Waals surface area (Å²) in [6.07, 6.45) is 4.64. The molecule has 2 N–H and O–H groups in total. The lowest BCUT2D eigenvalue weighted by Gasteiger charge is -2.04. The van der Waals surface area contributed by atoms with Gasteiger partial charge in [-0.3, -0.25) is 0 Å². The molecule has 94 valence electrons. The third-order valence-corrected chi connectivity index (χ3v) is 2.07. The maximum absolute atomic E-state index is 5.55. The fourth-order valence-electron chi connectivity index (χ4n) is 1.06. The molecule has 3 nitrogen and oxygen atoms in total. The van der Waals surface area contributed by atoms with Gasteiger partial charge in [0.05, 0.1) is 19.8 Å². The molecule has 15 heavy (non-hydrogen) atoms. The molecule has 0 heterocycles. The third-order valence-electron chi connectivity index (χ3n) is 1.81. The van der Waals surface area contributed by atoms with E-state index in [1.165, 1.54) is 12.8 Å². The summed E-state index contributed by atoms with van der Waals surface area (Å²) in [6.45, 7) is 3.36. The molecule has 0 fully saturated rings. The number of unbranched alkanes of at least 4 members (excludes halogenated alkanes) is 3. The Bertz CT molecular complexity index is 95.4. The lowest BCUT2D eigenvalue weighted by atomic mass is 10.2. The summed E-state index contributed by atoms with van der Waals surface area (Å²) in [5, 5.41) is 0. The van der Waals surface area contributed by atoms with Crippen molar-refractivity contribution in [1.29, 1.82) is 0 Å². The van der Waals surface area contributed by atoms with Gasteiger partial charge < -0.3 is 15.2 Å². The summed E-state index contributed by atoms with van der Waals surface area (Å²) >= 11 is 5.55. The molecule has 0 unspecified atom stereocenters. The van der Waals surface area contributed by atoms with E-state index in [1.807, 2.05) is 0 Å². The second kappa shape index (κ2) is 16.9. The van der Waals surface area contributed by atoms with Crippen molar-refractivity contribution < 1.29 is 9.47 Å². The SMILES string of the molecule is Cl.NCCOCCOCCCCCCCl. The van der Waals surface area contributed by atoms with Gasteiger partial charge in [0.25, 0.3) is 0 Å². The first-order chi connectivity index (χ1) is 6.91. The monoisotopic (exact) mass is 259 g/mol. The maximum Gasteiger partial charge on any atom is 0.0701 e. The van der Waals surface area contributed by atoms with Crippen molar-refractivity contribution in [2.75, 3.05) is 38.9 Å². The largest absolute Gasteiger partial charge is 0.379 e. The summed E-state index contributed by atoms with van der Waals surface area (Å²) in [7, 11) is 0. The fourth-order valence-corrected chi connectivity index (χ4v) is 1.25. The molecule has 0 aromatic rings. The molecule has 0 aromatic heterocycles. The Morgan fingerprint density at radius 3 is 2.00 bits per heavy atom. The Hall–Kier alpha value is 0.460. The summed E-state index contributed by atoms with van der Waals surface area (Å²) in [5.41, 5.74) is 5.26. The van der Waals surface area contributed by atoms with Crippen molar-refractivity contribution >= 4 is 24.0 Å². The van der Waals surface area contributed by atoms with Gasteiger partial charge in [-0.05, 0) is 12.8 Å². The molecule has 0 aliphatic heterocycles. The van der Waals surface area contributed by atoms with Gasteiger partial charge in [0.1, 0.15) is 0 Å². The fraction of sp³-hybridized carbons (Fsp3) is 1.00. The first-order valence-electron chi connectivity index (χ1n) is 5.33. The minimum Gasteiger partial charge on any atom is -0.379 e. The predicted molar refractivity (Wildman–Crippen MR) is 67.1 cm³/mol. The highest BCUT2D eigenvalue weighted by molar-refractivity contribution is 6.17. The van der Waals surface area contributed by atoms with Crippen LogP contribution in [0.5, 0.6) is 0 Å². The van der Waals surface area contributed by atoms with E-state index in [1.54, 1.807) is 0 Å². The molecule has 0 amide bonds. The quantitative estimate of drug-likeness (QED) is 0.457. The minimum absolute atomic E-state index is 0. The average molecular weight is 260 g/mol. The third kappa shape index (κ3) is 17.1. The van der Waals surface area contributed by atoms with E-state index < -0.39 is 0 Å². The van der Waals surface area contributed by atoms with E-state index in [2.05, 4.69) is 0 Å². The molecule has 0 aliphatic rings. The number of rotatable bonds is 11. The first kappa shape index (κ1) is 17.8. The van der Waals surface area contributed by atoms with Gasteiger partial charge >= 0.3 is 0 Å². The van der Waals surface area contributed by atoms with Crippen LogP contribution in [0.2, 0.25) is 0 Å². The predicted octanol–water partition coefficient (Wildman–Crippen LogP) is 2.20. The number of alkyl halides is 1. The smallest absolute Gasteiger partial charge is 0.0701 e. The van der Waals surface area contributed by atoms with Crippen LogP contribution in [0.4, 0.5) is 0 Å². The zero-order chi connectivity index (χ0) is 10.5. The second-order valence-corrected chi connectivity index (χ2v) is 3.49. The number of hydrogen-bond acceptors (Lipinski definition) is 3. The topological polar surface area (TPSA) is 44.5 Å². The summed E-state index contributed by atoms with van der Waals surface area (Å²) in [6, 6.07) is 0. The van der Waals surface area contributed by atoms with Crippen molar-refractivity contribution in [2.24, 2.45) is 5.73 Å². The van der Waals surface area contributed by atoms with Crippen molar-refractivity contribution in [3.8, 4) is 0 Å². The molecule has 0 aliphatic carbocycles. The Kier molecular flexibility index (Phi) is 20.1. The average Bonchev–Trinajstić information content (AvgIpc) is 2.21.